The number of benzene rings is 3. The second-order valence-corrected chi connectivity index (χ2v) is 4.86. The van der Waals surface area contributed by atoms with Crippen LogP contribution in [0, 0.1) is 0 Å². The molecule has 0 atom stereocenters. The smallest absolute Gasteiger partial charge is 0.656 e. The Balaban J connectivity index is 0.00000121. The summed E-state index contributed by atoms with van der Waals surface area (Å²) in [5.41, 5.74) is 1.99. The maximum absolute atomic E-state index is 4.72. The van der Waals surface area contributed by atoms with Gasteiger partial charge in [0.05, 0.1) is 0 Å². The molecular formula is C18H12NNa. The van der Waals surface area contributed by atoms with E-state index in [1.54, 1.807) is 0 Å². The molecule has 0 radical (unpaired) electrons. The van der Waals surface area contributed by atoms with Gasteiger partial charge in [-0.15, -0.1) is 11.0 Å². The van der Waals surface area contributed by atoms with E-state index >= 15 is 0 Å². The van der Waals surface area contributed by atoms with E-state index < -0.39 is 0 Å². The molecule has 0 spiro atoms. The van der Waals surface area contributed by atoms with Crippen LogP contribution in [0.4, 0.5) is 0 Å². The molecule has 0 aliphatic heterocycles. The van der Waals surface area contributed by atoms with Gasteiger partial charge >= 0.3 is 29.6 Å². The standard InChI is InChI=1S/C18H12N.Na/c1-11-13-7-3-4-8-14(13)12(2)18-17(11)15-9-5-6-10-16(15)19-18;/h3-10H,1-2H2;/q-1;+1. The zero-order chi connectivity index (χ0) is 13.0. The summed E-state index contributed by atoms with van der Waals surface area (Å²) in [5, 5.41) is 6.65. The second kappa shape index (κ2) is 4.78. The molecule has 3 aromatic carbocycles. The Labute approximate surface area is 138 Å². The van der Waals surface area contributed by atoms with Crippen molar-refractivity contribution < 1.29 is 29.6 Å². The molecule has 1 heterocycles. The van der Waals surface area contributed by atoms with E-state index in [1.807, 2.05) is 30.3 Å². The Kier molecular flexibility index (Phi) is 3.21. The molecule has 0 saturated heterocycles. The molecule has 1 nitrogen and oxygen atoms in total. The topological polar surface area (TPSA) is 14.1 Å². The SMILES string of the molecule is C=c1c2ccccc2c(=C)c2c1[n-]c1ccccc12.[Na+]. The summed E-state index contributed by atoms with van der Waals surface area (Å²) in [6.45, 7) is 8.50. The molecule has 4 aromatic rings. The van der Waals surface area contributed by atoms with Gasteiger partial charge in [-0.1, -0.05) is 61.7 Å². The first kappa shape index (κ1) is 13.4. The third-order valence-corrected chi connectivity index (χ3v) is 3.81. The maximum atomic E-state index is 4.72. The van der Waals surface area contributed by atoms with Crippen LogP contribution in [-0.2, 0) is 0 Å². The number of para-hydroxylation sites is 1. The Morgan fingerprint density at radius 1 is 0.700 bits per heavy atom. The van der Waals surface area contributed by atoms with Crippen LogP contribution in [0.3, 0.4) is 0 Å². The molecule has 2 heteroatoms. The molecule has 0 aliphatic rings. The molecule has 20 heavy (non-hydrogen) atoms. The van der Waals surface area contributed by atoms with Crippen LogP contribution in [0.2, 0.25) is 0 Å². The van der Waals surface area contributed by atoms with E-state index in [1.165, 1.54) is 0 Å². The van der Waals surface area contributed by atoms with Gasteiger partial charge in [0.25, 0.3) is 0 Å². The summed E-state index contributed by atoms with van der Waals surface area (Å²) in [7, 11) is 0. The molecule has 1 aromatic heterocycles. The minimum absolute atomic E-state index is 0. The number of fused-ring (bicyclic) bond motifs is 4. The van der Waals surface area contributed by atoms with Crippen LogP contribution in [0.25, 0.3) is 45.7 Å². The summed E-state index contributed by atoms with van der Waals surface area (Å²) in [6.07, 6.45) is 0. The van der Waals surface area contributed by atoms with Gasteiger partial charge in [-0.05, 0) is 32.0 Å². The van der Waals surface area contributed by atoms with Crippen molar-refractivity contribution in [3.8, 4) is 0 Å². The van der Waals surface area contributed by atoms with E-state index in [0.717, 1.165) is 43.0 Å². The van der Waals surface area contributed by atoms with Crippen molar-refractivity contribution in [2.24, 2.45) is 0 Å². The van der Waals surface area contributed by atoms with Crippen molar-refractivity contribution in [3.63, 3.8) is 0 Å². The van der Waals surface area contributed by atoms with E-state index in [-0.39, 0.29) is 29.6 Å². The first-order chi connectivity index (χ1) is 9.27. The predicted octanol–water partition coefficient (Wildman–Crippen LogP) is -0.0720. The van der Waals surface area contributed by atoms with Gasteiger partial charge in [-0.2, -0.15) is 0 Å². The van der Waals surface area contributed by atoms with Crippen molar-refractivity contribution in [1.29, 1.82) is 0 Å². The number of nitrogens with zero attached hydrogens (tertiary/aromatic N) is 1. The molecule has 0 bridgehead atoms. The van der Waals surface area contributed by atoms with Crippen molar-refractivity contribution in [2.75, 3.05) is 0 Å². The van der Waals surface area contributed by atoms with Crippen LogP contribution in [0.1, 0.15) is 0 Å². The third-order valence-electron chi connectivity index (χ3n) is 3.81. The fourth-order valence-electron chi connectivity index (χ4n) is 2.88. The molecule has 0 unspecified atom stereocenters. The van der Waals surface area contributed by atoms with Crippen molar-refractivity contribution in [3.05, 3.63) is 59.0 Å². The maximum Gasteiger partial charge on any atom is 1.00 e. The van der Waals surface area contributed by atoms with Crippen molar-refractivity contribution in [2.45, 2.75) is 0 Å². The van der Waals surface area contributed by atoms with Crippen LogP contribution >= 0.6 is 0 Å². The first-order valence-corrected chi connectivity index (χ1v) is 6.31. The Bertz CT molecular complexity index is 1040. The minimum Gasteiger partial charge on any atom is -0.656 e. The molecular weight excluding hydrogens is 253 g/mol. The van der Waals surface area contributed by atoms with Crippen molar-refractivity contribution in [1.82, 2.24) is 4.98 Å². The number of hydrogen-bond acceptors (Lipinski definition) is 0. The largest absolute Gasteiger partial charge is 1.00 e. The molecule has 0 fully saturated rings. The van der Waals surface area contributed by atoms with Crippen LogP contribution in [0.5, 0.6) is 0 Å². The molecule has 90 valence electrons. The second-order valence-electron chi connectivity index (χ2n) is 4.86. The van der Waals surface area contributed by atoms with E-state index in [9.17, 15) is 0 Å². The fraction of sp³-hybridized carbons (Fsp3) is 0. The van der Waals surface area contributed by atoms with Gasteiger partial charge in [-0.3, -0.25) is 0 Å². The van der Waals surface area contributed by atoms with Gasteiger partial charge in [-0.25, -0.2) is 0 Å². The van der Waals surface area contributed by atoms with Gasteiger partial charge < -0.3 is 4.98 Å². The number of rotatable bonds is 0. The van der Waals surface area contributed by atoms with Crippen LogP contribution in [0.15, 0.2) is 48.5 Å². The Morgan fingerprint density at radius 3 is 1.95 bits per heavy atom. The number of hydrogen-bond donors (Lipinski definition) is 0. The quantitative estimate of drug-likeness (QED) is 0.406. The zero-order valence-corrected chi connectivity index (χ0v) is 13.5. The Morgan fingerprint density at radius 2 is 1.25 bits per heavy atom. The summed E-state index contributed by atoms with van der Waals surface area (Å²) in [5.74, 6) is 0. The summed E-state index contributed by atoms with van der Waals surface area (Å²) >= 11 is 0. The van der Waals surface area contributed by atoms with E-state index in [4.69, 9.17) is 4.98 Å². The molecule has 0 saturated carbocycles. The normalized spacial score (nSPS) is 11.0. The average molecular weight is 265 g/mol. The van der Waals surface area contributed by atoms with Gasteiger partial charge in [0, 0.05) is 0 Å². The van der Waals surface area contributed by atoms with Gasteiger partial charge in [0.2, 0.25) is 0 Å². The third kappa shape index (κ3) is 1.68. The summed E-state index contributed by atoms with van der Waals surface area (Å²) in [6, 6.07) is 16.5. The molecule has 0 aliphatic carbocycles. The minimum atomic E-state index is 0. The monoisotopic (exact) mass is 265 g/mol. The van der Waals surface area contributed by atoms with Crippen LogP contribution in [-0.4, -0.2) is 0 Å². The van der Waals surface area contributed by atoms with E-state index in [2.05, 4.69) is 31.4 Å². The van der Waals surface area contributed by atoms with Crippen LogP contribution < -0.4 is 45.0 Å². The van der Waals surface area contributed by atoms with Gasteiger partial charge in [0.1, 0.15) is 0 Å². The zero-order valence-electron chi connectivity index (χ0n) is 11.5. The molecule has 4 rings (SSSR count). The average Bonchev–Trinajstić information content (AvgIpc) is 2.84. The Hall–Kier alpha value is -1.54. The summed E-state index contributed by atoms with van der Waals surface area (Å²) < 4.78 is 0. The van der Waals surface area contributed by atoms with Gasteiger partial charge in [0.15, 0.2) is 0 Å². The molecule has 0 N–H and O–H groups in total. The summed E-state index contributed by atoms with van der Waals surface area (Å²) in [4.78, 5) is 4.72. The number of aromatic nitrogens is 1. The first-order valence-electron chi connectivity index (χ1n) is 6.31. The van der Waals surface area contributed by atoms with E-state index in [0.29, 0.717) is 0 Å². The fourth-order valence-corrected chi connectivity index (χ4v) is 2.88. The molecule has 0 amide bonds. The van der Waals surface area contributed by atoms with Crippen molar-refractivity contribution >= 4 is 45.7 Å². The predicted molar refractivity (Wildman–Crippen MR) is 82.6 cm³/mol.